The van der Waals surface area contributed by atoms with E-state index in [2.05, 4.69) is 4.74 Å². The zero-order valence-electron chi connectivity index (χ0n) is 7.74. The molecule has 2 nitrogen and oxygen atoms in total. The minimum Gasteiger partial charge on any atom is 1.00 e. The van der Waals surface area contributed by atoms with Gasteiger partial charge in [-0.2, -0.15) is 0 Å². The molecule has 0 aromatic heterocycles. The zero-order valence-corrected chi connectivity index (χ0v) is 10.6. The van der Waals surface area contributed by atoms with Gasteiger partial charge in [0, 0.05) is 6.92 Å². The Morgan fingerprint density at radius 2 is 1.36 bits per heavy atom. The molecule has 0 atom stereocenters. The summed E-state index contributed by atoms with van der Waals surface area (Å²) in [7, 11) is -10.7. The van der Waals surface area contributed by atoms with Crippen molar-refractivity contribution in [1.82, 2.24) is 0 Å². The Morgan fingerprint density at radius 3 is 1.36 bits per heavy atom. The number of esters is 1. The van der Waals surface area contributed by atoms with Gasteiger partial charge >= 0.3 is 68.5 Å². The minimum absolute atomic E-state index is 0. The molecule has 0 aliphatic rings. The molecule has 0 saturated heterocycles. The molecule has 0 fully saturated rings. The molecule has 0 aromatic carbocycles. The Balaban J connectivity index is -0.000000163. The van der Waals surface area contributed by atoms with Gasteiger partial charge in [0.1, 0.15) is 0 Å². The summed E-state index contributed by atoms with van der Waals surface area (Å²) >= 11 is 0. The Labute approximate surface area is 98.5 Å². The molecule has 0 radical (unpaired) electrons. The molecule has 84 valence electrons. The Hall–Kier alpha value is 0.480. The van der Waals surface area contributed by atoms with E-state index in [0.29, 0.717) is 6.61 Å². The minimum atomic E-state index is -10.7. The molecule has 0 N–H and O–H groups in total. The summed E-state index contributed by atoms with van der Waals surface area (Å²) in [6.07, 6.45) is 0. The smallest absolute Gasteiger partial charge is 1.00 e. The van der Waals surface area contributed by atoms with Crippen LogP contribution in [0.5, 0.6) is 0 Å². The van der Waals surface area contributed by atoms with Gasteiger partial charge in [0.05, 0.1) is 6.61 Å². The molecule has 0 aromatic rings. The maximum Gasteiger partial charge on any atom is 1.00 e. The quantitative estimate of drug-likeness (QED) is 0.302. The number of halogens is 6. The molecule has 0 aliphatic carbocycles. The van der Waals surface area contributed by atoms with Crippen molar-refractivity contribution in [2.75, 3.05) is 6.61 Å². The molecule has 0 saturated carbocycles. The molecule has 0 unspecified atom stereocenters. The van der Waals surface area contributed by atoms with Crippen molar-refractivity contribution in [3.8, 4) is 0 Å². The van der Waals surface area contributed by atoms with Crippen LogP contribution in [0.3, 0.4) is 0 Å². The SMILES string of the molecule is CCOC(C)=O.F[P-](F)(F)(F)(F)F.[Na+]. The van der Waals surface area contributed by atoms with Crippen LogP contribution in [0.1, 0.15) is 13.8 Å². The summed E-state index contributed by atoms with van der Waals surface area (Å²) in [5.74, 6) is -0.211. The maximum absolute atomic E-state index is 10.7. The first-order valence-corrected chi connectivity index (χ1v) is 4.95. The molecule has 0 spiro atoms. The maximum atomic E-state index is 9.87. The third kappa shape index (κ3) is 136. The third-order valence-corrected chi connectivity index (χ3v) is 0.348. The van der Waals surface area contributed by atoms with Gasteiger partial charge in [0.25, 0.3) is 0 Å². The number of rotatable bonds is 1. The van der Waals surface area contributed by atoms with Crippen molar-refractivity contribution < 1.29 is 64.3 Å². The third-order valence-electron chi connectivity index (χ3n) is 0.348. The number of hydrogen-bond acceptors (Lipinski definition) is 2. The van der Waals surface area contributed by atoms with Gasteiger partial charge in [0.15, 0.2) is 0 Å². The molecule has 0 bridgehead atoms. The van der Waals surface area contributed by atoms with Crippen LogP contribution in [0, 0.1) is 0 Å². The number of carbonyl (C=O) groups excluding carboxylic acids is 1. The van der Waals surface area contributed by atoms with Crippen molar-refractivity contribution >= 4 is 13.8 Å². The van der Waals surface area contributed by atoms with Crippen molar-refractivity contribution in [2.24, 2.45) is 0 Å². The molecule has 10 heteroatoms. The topological polar surface area (TPSA) is 26.3 Å². The fraction of sp³-hybridized carbons (Fsp3) is 0.750. The average Bonchev–Trinajstić information content (AvgIpc) is 1.53. The molecule has 0 heterocycles. The standard InChI is InChI=1S/C4H8O2.F6P.Na/c1-3-6-4(2)5;1-7(2,3,4,5)6;/h3H2,1-2H3;;/q;-1;+1. The largest absolute Gasteiger partial charge is 1.00 e. The van der Waals surface area contributed by atoms with Gasteiger partial charge < -0.3 is 4.74 Å². The van der Waals surface area contributed by atoms with Crippen LogP contribution in [0.4, 0.5) is 25.2 Å². The predicted molar refractivity (Wildman–Crippen MR) is 35.9 cm³/mol. The van der Waals surface area contributed by atoms with E-state index >= 15 is 0 Å². The fourth-order valence-corrected chi connectivity index (χ4v) is 0.203. The van der Waals surface area contributed by atoms with Gasteiger partial charge in [-0.1, -0.05) is 0 Å². The van der Waals surface area contributed by atoms with Crippen LogP contribution in [0.15, 0.2) is 0 Å². The van der Waals surface area contributed by atoms with Crippen molar-refractivity contribution in [1.29, 1.82) is 0 Å². The van der Waals surface area contributed by atoms with Gasteiger partial charge in [0.2, 0.25) is 0 Å². The van der Waals surface area contributed by atoms with Crippen LogP contribution < -0.4 is 29.6 Å². The molecular formula is C4H8F6NaO2P. The first kappa shape index (κ1) is 20.0. The summed E-state index contributed by atoms with van der Waals surface area (Å²) in [5.41, 5.74) is 0. The molecule has 0 aliphatic heterocycles. The Bertz CT molecular complexity index is 173. The van der Waals surface area contributed by atoms with E-state index in [0.717, 1.165) is 0 Å². The van der Waals surface area contributed by atoms with Crippen LogP contribution in [0.2, 0.25) is 0 Å². The summed E-state index contributed by atoms with van der Waals surface area (Å²) in [6.45, 7) is 3.65. The number of hydrogen-bond donors (Lipinski definition) is 0. The summed E-state index contributed by atoms with van der Waals surface area (Å²) in [4.78, 5) is 9.82. The first-order chi connectivity index (χ1) is 5.22. The average molecular weight is 256 g/mol. The van der Waals surface area contributed by atoms with E-state index in [1.807, 2.05) is 0 Å². The van der Waals surface area contributed by atoms with Crippen molar-refractivity contribution in [2.45, 2.75) is 13.8 Å². The van der Waals surface area contributed by atoms with Crippen molar-refractivity contribution in [3.63, 3.8) is 0 Å². The van der Waals surface area contributed by atoms with E-state index < -0.39 is 7.81 Å². The number of ether oxygens (including phenoxy) is 1. The van der Waals surface area contributed by atoms with E-state index in [1.54, 1.807) is 6.92 Å². The Kier molecular flexibility index (Phi) is 7.14. The molecular weight excluding hydrogens is 248 g/mol. The van der Waals surface area contributed by atoms with Gasteiger partial charge in [-0.05, 0) is 6.92 Å². The second-order valence-electron chi connectivity index (χ2n) is 1.88. The molecule has 0 amide bonds. The second kappa shape index (κ2) is 5.01. The van der Waals surface area contributed by atoms with Gasteiger partial charge in [-0.3, -0.25) is 4.79 Å². The monoisotopic (exact) mass is 256 g/mol. The van der Waals surface area contributed by atoms with Gasteiger partial charge in [-0.15, -0.1) is 0 Å². The van der Waals surface area contributed by atoms with Gasteiger partial charge in [-0.25, -0.2) is 0 Å². The summed E-state index contributed by atoms with van der Waals surface area (Å²) in [5, 5.41) is 0. The van der Waals surface area contributed by atoms with Crippen LogP contribution >= 0.6 is 7.81 Å². The van der Waals surface area contributed by atoms with Crippen LogP contribution in [0.25, 0.3) is 0 Å². The van der Waals surface area contributed by atoms with Crippen LogP contribution in [-0.2, 0) is 9.53 Å². The Morgan fingerprint density at radius 1 is 1.14 bits per heavy atom. The fourth-order valence-electron chi connectivity index (χ4n) is 0.203. The number of carbonyl (C=O) groups is 1. The van der Waals surface area contributed by atoms with E-state index in [-0.39, 0.29) is 35.5 Å². The van der Waals surface area contributed by atoms with Crippen LogP contribution in [-0.4, -0.2) is 12.6 Å². The van der Waals surface area contributed by atoms with Crippen molar-refractivity contribution in [3.05, 3.63) is 0 Å². The summed E-state index contributed by atoms with van der Waals surface area (Å²) in [6, 6.07) is 0. The second-order valence-corrected chi connectivity index (χ2v) is 3.80. The normalized spacial score (nSPS) is 14.9. The molecule has 14 heavy (non-hydrogen) atoms. The summed E-state index contributed by atoms with van der Waals surface area (Å²) < 4.78 is 63.6. The van der Waals surface area contributed by atoms with E-state index in [1.165, 1.54) is 6.92 Å². The van der Waals surface area contributed by atoms with E-state index in [9.17, 15) is 30.0 Å². The van der Waals surface area contributed by atoms with E-state index in [4.69, 9.17) is 0 Å². The first-order valence-electron chi connectivity index (χ1n) is 2.92. The predicted octanol–water partition coefficient (Wildman–Crippen LogP) is 0.956. The molecule has 0 rings (SSSR count). The zero-order chi connectivity index (χ0) is 11.4.